The Balaban J connectivity index is 2.10. The molecule has 0 aliphatic rings. The van der Waals surface area contributed by atoms with E-state index in [0.717, 1.165) is 25.1 Å². The van der Waals surface area contributed by atoms with Gasteiger partial charge in [-0.3, -0.25) is 47.9 Å². The first-order valence-corrected chi connectivity index (χ1v) is 14.0. The van der Waals surface area contributed by atoms with Crippen LogP contribution in [0.4, 0.5) is 4.79 Å². The molecule has 0 aromatic carbocycles. The van der Waals surface area contributed by atoms with Gasteiger partial charge < -0.3 is 30.3 Å². The number of hydrogen-bond acceptors (Lipinski definition) is 10. The van der Waals surface area contributed by atoms with Crippen LogP contribution in [-0.4, -0.2) is 109 Å². The summed E-state index contributed by atoms with van der Waals surface area (Å²) in [5.74, 6) is -3.56. The van der Waals surface area contributed by atoms with Crippen LogP contribution in [0.5, 0.6) is 0 Å². The molecule has 0 saturated heterocycles. The van der Waals surface area contributed by atoms with Gasteiger partial charge in [0.25, 0.3) is 11.1 Å². The quantitative estimate of drug-likeness (QED) is 0.138. The molecule has 19 nitrogen and oxygen atoms in total. The number of carboxylic acids is 1. The summed E-state index contributed by atoms with van der Waals surface area (Å²) < 4.78 is 7.02. The van der Waals surface area contributed by atoms with Crippen molar-refractivity contribution < 1.29 is 33.8 Å². The second kappa shape index (κ2) is 16.0. The Morgan fingerprint density at radius 1 is 0.783 bits per heavy atom. The Morgan fingerprint density at radius 2 is 1.22 bits per heavy atom. The number of H-pyrrole nitrogens is 2. The number of carbonyl (C=O) groups excluding carboxylic acids is 4. The largest absolute Gasteiger partial charge is 0.480 e. The molecule has 0 unspecified atom stereocenters. The van der Waals surface area contributed by atoms with E-state index < -0.39 is 84.1 Å². The minimum absolute atomic E-state index is 0.127. The van der Waals surface area contributed by atoms with Gasteiger partial charge in [-0.05, 0) is 34.6 Å². The molecular formula is C27H38N8O11. The normalized spacial score (nSPS) is 11.0. The lowest BCUT2D eigenvalue weighted by atomic mass is 10.2. The van der Waals surface area contributed by atoms with Crippen LogP contribution in [0.1, 0.15) is 31.9 Å². The lowest BCUT2D eigenvalue weighted by Gasteiger charge is -2.25. The van der Waals surface area contributed by atoms with Crippen molar-refractivity contribution in [3.63, 3.8) is 0 Å². The average Bonchev–Trinajstić information content (AvgIpc) is 2.92. The van der Waals surface area contributed by atoms with Crippen LogP contribution in [-0.2, 0) is 37.0 Å². The maximum Gasteiger partial charge on any atom is 0.407 e. The number of carbonyl (C=O) groups is 5. The third-order valence-electron chi connectivity index (χ3n) is 6.11. The molecule has 252 valence electrons. The summed E-state index contributed by atoms with van der Waals surface area (Å²) in [4.78, 5) is 116. The molecule has 0 aliphatic carbocycles. The van der Waals surface area contributed by atoms with Gasteiger partial charge in [0.15, 0.2) is 0 Å². The smallest absolute Gasteiger partial charge is 0.407 e. The van der Waals surface area contributed by atoms with Crippen molar-refractivity contribution in [3.05, 3.63) is 65.2 Å². The number of nitrogens with zero attached hydrogens (tertiary/aromatic N) is 4. The number of rotatable bonds is 14. The predicted octanol–water partition coefficient (Wildman–Crippen LogP) is -2.91. The first kappa shape index (κ1) is 36.7. The minimum Gasteiger partial charge on any atom is -0.480 e. The highest BCUT2D eigenvalue weighted by atomic mass is 16.6. The average molecular weight is 651 g/mol. The number of ether oxygens (including phenoxy) is 1. The van der Waals surface area contributed by atoms with Crippen LogP contribution in [0.15, 0.2) is 31.6 Å². The molecule has 0 spiro atoms. The Kier molecular flexibility index (Phi) is 12.8. The van der Waals surface area contributed by atoms with Crippen LogP contribution < -0.4 is 33.1 Å². The zero-order valence-corrected chi connectivity index (χ0v) is 26.1. The first-order valence-electron chi connectivity index (χ1n) is 14.0. The Bertz CT molecular complexity index is 1700. The lowest BCUT2D eigenvalue weighted by Crippen LogP contribution is -2.48. The van der Waals surface area contributed by atoms with Crippen LogP contribution in [0.25, 0.3) is 0 Å². The van der Waals surface area contributed by atoms with E-state index in [9.17, 15) is 48.3 Å². The summed E-state index contributed by atoms with van der Waals surface area (Å²) >= 11 is 0. The van der Waals surface area contributed by atoms with E-state index in [1.54, 1.807) is 20.8 Å². The molecule has 0 fully saturated rings. The second-order valence-corrected chi connectivity index (χ2v) is 11.2. The van der Waals surface area contributed by atoms with Crippen molar-refractivity contribution in [2.75, 3.05) is 39.3 Å². The van der Waals surface area contributed by atoms with E-state index in [1.807, 2.05) is 4.98 Å². The van der Waals surface area contributed by atoms with Crippen LogP contribution in [0.3, 0.4) is 0 Å². The molecule has 0 aliphatic heterocycles. The highest BCUT2D eigenvalue weighted by Gasteiger charge is 2.22. The number of alkyl carbamates (subject to hydrolysis) is 1. The molecule has 0 saturated carbocycles. The first-order chi connectivity index (χ1) is 21.4. The van der Waals surface area contributed by atoms with E-state index in [2.05, 4.69) is 15.6 Å². The van der Waals surface area contributed by atoms with Crippen molar-refractivity contribution in [2.45, 2.75) is 53.3 Å². The van der Waals surface area contributed by atoms with Gasteiger partial charge in [-0.15, -0.1) is 0 Å². The van der Waals surface area contributed by atoms with Crippen molar-refractivity contribution >= 4 is 29.8 Å². The van der Waals surface area contributed by atoms with Crippen LogP contribution >= 0.6 is 0 Å². The van der Waals surface area contributed by atoms with Gasteiger partial charge in [0, 0.05) is 49.7 Å². The fourth-order valence-electron chi connectivity index (χ4n) is 3.88. The second-order valence-electron chi connectivity index (χ2n) is 11.2. The lowest BCUT2D eigenvalue weighted by molar-refractivity contribution is -0.144. The van der Waals surface area contributed by atoms with Gasteiger partial charge in [0.1, 0.15) is 25.2 Å². The van der Waals surface area contributed by atoms with Gasteiger partial charge in [0.2, 0.25) is 17.7 Å². The summed E-state index contributed by atoms with van der Waals surface area (Å²) in [6.07, 6.45) is 1.58. The molecule has 2 rings (SSSR count). The zero-order chi connectivity index (χ0) is 34.8. The number of aromatic nitrogens is 4. The predicted molar refractivity (Wildman–Crippen MR) is 160 cm³/mol. The molecule has 2 heterocycles. The number of aliphatic carboxylic acids is 1. The standard InChI is InChI=1S/C27H38N8O11/c1-16-10-34(24(43)30-22(16)41)13-19(37)32(9-7-29-26(45)46-27(3,4)5)12-18(36)28-6-8-33(15-21(39)40)20(38)14-35-11-17(2)23(42)31-25(35)44/h10-11H,6-9,12-15H2,1-5H3,(H,28,36)(H,29,45)(H,39,40)(H,30,41,43)(H,31,42,44). The Morgan fingerprint density at radius 3 is 1.65 bits per heavy atom. The minimum atomic E-state index is -1.35. The third-order valence-corrected chi connectivity index (χ3v) is 6.11. The highest BCUT2D eigenvalue weighted by molar-refractivity contribution is 5.85. The van der Waals surface area contributed by atoms with E-state index in [1.165, 1.54) is 20.0 Å². The van der Waals surface area contributed by atoms with Crippen molar-refractivity contribution in [3.8, 4) is 0 Å². The zero-order valence-electron chi connectivity index (χ0n) is 26.1. The van der Waals surface area contributed by atoms with E-state index in [0.29, 0.717) is 0 Å². The molecular weight excluding hydrogens is 612 g/mol. The van der Waals surface area contributed by atoms with E-state index in [-0.39, 0.29) is 37.3 Å². The number of amides is 4. The molecule has 46 heavy (non-hydrogen) atoms. The van der Waals surface area contributed by atoms with Gasteiger partial charge in [-0.25, -0.2) is 14.4 Å². The van der Waals surface area contributed by atoms with Crippen molar-refractivity contribution in [1.82, 2.24) is 39.5 Å². The highest BCUT2D eigenvalue weighted by Crippen LogP contribution is 2.06. The molecule has 19 heteroatoms. The van der Waals surface area contributed by atoms with E-state index >= 15 is 0 Å². The third kappa shape index (κ3) is 11.9. The maximum absolute atomic E-state index is 13.1. The summed E-state index contributed by atoms with van der Waals surface area (Å²) in [6, 6.07) is 0. The number of aromatic amines is 2. The molecule has 2 aromatic rings. The fraction of sp³-hybridized carbons (Fsp3) is 0.519. The molecule has 0 radical (unpaired) electrons. The van der Waals surface area contributed by atoms with Gasteiger partial charge >= 0.3 is 23.4 Å². The molecule has 2 aromatic heterocycles. The van der Waals surface area contributed by atoms with Gasteiger partial charge in [-0.2, -0.15) is 0 Å². The molecule has 0 atom stereocenters. The monoisotopic (exact) mass is 650 g/mol. The SMILES string of the molecule is Cc1cn(CC(=O)N(CCNC(=O)CN(CCNC(=O)OC(C)(C)C)C(=O)Cn2cc(C)c(=O)[nH]c2=O)CC(=O)O)c(=O)[nH]c1=O. The van der Waals surface area contributed by atoms with E-state index in [4.69, 9.17) is 4.74 Å². The fourth-order valence-corrected chi connectivity index (χ4v) is 3.88. The molecule has 5 N–H and O–H groups in total. The summed E-state index contributed by atoms with van der Waals surface area (Å²) in [5, 5.41) is 14.2. The number of aryl methyl sites for hydroxylation is 2. The molecule has 0 bridgehead atoms. The van der Waals surface area contributed by atoms with Gasteiger partial charge in [-0.1, -0.05) is 0 Å². The van der Waals surface area contributed by atoms with Crippen LogP contribution in [0.2, 0.25) is 0 Å². The Labute approximate surface area is 261 Å². The summed E-state index contributed by atoms with van der Waals surface area (Å²) in [7, 11) is 0. The van der Waals surface area contributed by atoms with Crippen LogP contribution in [0, 0.1) is 13.8 Å². The summed E-state index contributed by atoms with van der Waals surface area (Å²) in [5.41, 5.74) is -3.42. The summed E-state index contributed by atoms with van der Waals surface area (Å²) in [6.45, 7) is 4.59. The molecule has 4 amide bonds. The maximum atomic E-state index is 13.1. The topological polar surface area (TPSA) is 255 Å². The number of hydrogen-bond donors (Lipinski definition) is 5. The van der Waals surface area contributed by atoms with Gasteiger partial charge in [0.05, 0.1) is 6.54 Å². The number of nitrogens with one attached hydrogen (secondary N) is 4. The Hall–Kier alpha value is -5.49. The van der Waals surface area contributed by atoms with Crippen molar-refractivity contribution in [1.29, 1.82) is 0 Å². The number of carboxylic acid groups (broad SMARTS) is 1. The van der Waals surface area contributed by atoms with Crippen molar-refractivity contribution in [2.24, 2.45) is 0 Å².